The number of anilines is 2. The highest BCUT2D eigenvalue weighted by Crippen LogP contribution is 2.50. The molecule has 260 valence electrons. The number of amides is 4. The molecule has 52 heavy (non-hydrogen) atoms. The van der Waals surface area contributed by atoms with Crippen molar-refractivity contribution < 1.29 is 28.2 Å². The standard InChI is InChI=1S/C43H36FN3O5/c1-51-39-23-28(14-17-38(39)52-26-27-12-15-31(44)16-13-27)22-37-41(48)45-43(50)47(42(37)49)32-24-35-33(29-8-4-2-5-9-29)18-20-46-21-19-34(36(25-32)40(35)46)30-10-6-3-7-11-30/h2-17,22-25,33-34H,18-21,26H2,1H3,(H,45,48,50)/b37-22+/t33-,34-/m1/s1. The zero-order valence-corrected chi connectivity index (χ0v) is 28.6. The number of halogens is 1. The van der Waals surface area contributed by atoms with E-state index < -0.39 is 17.8 Å². The predicted molar refractivity (Wildman–Crippen MR) is 197 cm³/mol. The van der Waals surface area contributed by atoms with Gasteiger partial charge in [0.25, 0.3) is 11.8 Å². The van der Waals surface area contributed by atoms with Crippen LogP contribution in [0.25, 0.3) is 6.08 Å². The van der Waals surface area contributed by atoms with Crippen LogP contribution < -0.4 is 24.6 Å². The normalized spacial score (nSPS) is 19.0. The van der Waals surface area contributed by atoms with Crippen molar-refractivity contribution in [1.29, 1.82) is 0 Å². The van der Waals surface area contributed by atoms with Gasteiger partial charge in [0.05, 0.1) is 12.8 Å². The van der Waals surface area contributed by atoms with Gasteiger partial charge in [0.2, 0.25) is 0 Å². The number of barbiturate groups is 1. The number of benzene rings is 5. The van der Waals surface area contributed by atoms with Gasteiger partial charge in [0.1, 0.15) is 18.0 Å². The highest BCUT2D eigenvalue weighted by atomic mass is 19.1. The van der Waals surface area contributed by atoms with Crippen LogP contribution in [0.3, 0.4) is 0 Å². The summed E-state index contributed by atoms with van der Waals surface area (Å²) in [5.41, 5.74) is 7.15. The largest absolute Gasteiger partial charge is 0.493 e. The second kappa shape index (κ2) is 13.8. The quantitative estimate of drug-likeness (QED) is 0.131. The van der Waals surface area contributed by atoms with E-state index in [-0.39, 0.29) is 29.8 Å². The third-order valence-corrected chi connectivity index (χ3v) is 10.2. The Morgan fingerprint density at radius 1 is 0.769 bits per heavy atom. The van der Waals surface area contributed by atoms with Gasteiger partial charge >= 0.3 is 6.03 Å². The molecule has 2 atom stereocenters. The fourth-order valence-corrected chi connectivity index (χ4v) is 7.66. The van der Waals surface area contributed by atoms with Gasteiger partial charge < -0.3 is 14.4 Å². The minimum atomic E-state index is -0.794. The van der Waals surface area contributed by atoms with Gasteiger partial charge in [-0.3, -0.25) is 14.9 Å². The molecule has 8 nitrogen and oxygen atoms in total. The lowest BCUT2D eigenvalue weighted by atomic mass is 9.76. The monoisotopic (exact) mass is 693 g/mol. The number of nitrogens with one attached hydrogen (secondary N) is 1. The molecule has 8 rings (SSSR count). The number of rotatable bonds is 8. The lowest BCUT2D eigenvalue weighted by Crippen LogP contribution is -2.54. The Labute approximate surface area is 301 Å². The molecule has 5 aromatic carbocycles. The van der Waals surface area contributed by atoms with Crippen LogP contribution in [0, 0.1) is 5.82 Å². The average Bonchev–Trinajstić information content (AvgIpc) is 3.17. The lowest BCUT2D eigenvalue weighted by Gasteiger charge is -2.44. The van der Waals surface area contributed by atoms with Crippen LogP contribution in [0.4, 0.5) is 20.6 Å². The Morgan fingerprint density at radius 3 is 1.98 bits per heavy atom. The van der Waals surface area contributed by atoms with Crippen molar-refractivity contribution in [2.45, 2.75) is 31.3 Å². The SMILES string of the molecule is COc1cc(/C=C2\C(=O)NC(=O)N(c3cc4c5c(c3)[C@@H](c3ccccc3)CCN5CC[C@@H]4c3ccccc3)C2=O)ccc1OCc1ccc(F)cc1. The van der Waals surface area contributed by atoms with E-state index >= 15 is 0 Å². The van der Waals surface area contributed by atoms with Crippen molar-refractivity contribution in [3.05, 3.63) is 160 Å². The smallest absolute Gasteiger partial charge is 0.335 e. The molecule has 0 aliphatic carbocycles. The molecular weight excluding hydrogens is 657 g/mol. The average molecular weight is 694 g/mol. The Kier molecular flexibility index (Phi) is 8.76. The van der Waals surface area contributed by atoms with Crippen LogP contribution in [0.1, 0.15) is 58.1 Å². The molecule has 5 aromatic rings. The Balaban J connectivity index is 1.17. The minimum absolute atomic E-state index is 0.0662. The Hall–Kier alpha value is -6.22. The molecule has 4 amide bonds. The number of ether oxygens (including phenoxy) is 2. The molecule has 0 radical (unpaired) electrons. The number of nitrogens with zero attached hydrogens (tertiary/aromatic N) is 2. The number of methoxy groups -OCH3 is 1. The van der Waals surface area contributed by atoms with Gasteiger partial charge in [-0.2, -0.15) is 0 Å². The van der Waals surface area contributed by atoms with Crippen molar-refractivity contribution in [3.8, 4) is 11.5 Å². The van der Waals surface area contributed by atoms with E-state index in [9.17, 15) is 18.8 Å². The molecule has 0 aromatic heterocycles. The summed E-state index contributed by atoms with van der Waals surface area (Å²) in [5.74, 6) is -0.883. The number of hydrogen-bond donors (Lipinski definition) is 1. The summed E-state index contributed by atoms with van der Waals surface area (Å²) in [4.78, 5) is 44.6. The Bertz CT molecular complexity index is 2130. The van der Waals surface area contributed by atoms with Crippen LogP contribution in [0.2, 0.25) is 0 Å². The van der Waals surface area contributed by atoms with Gasteiger partial charge in [-0.25, -0.2) is 14.1 Å². The van der Waals surface area contributed by atoms with Crippen LogP contribution in [0.5, 0.6) is 11.5 Å². The molecule has 3 aliphatic rings. The molecule has 0 saturated carbocycles. The van der Waals surface area contributed by atoms with Crippen molar-refractivity contribution in [2.24, 2.45) is 0 Å². The third-order valence-electron chi connectivity index (χ3n) is 10.2. The first-order chi connectivity index (χ1) is 25.4. The molecule has 3 aliphatic heterocycles. The van der Waals surface area contributed by atoms with Gasteiger partial charge in [-0.15, -0.1) is 0 Å². The second-order valence-corrected chi connectivity index (χ2v) is 13.2. The molecular formula is C43H36FN3O5. The molecule has 1 saturated heterocycles. The third kappa shape index (κ3) is 6.19. The van der Waals surface area contributed by atoms with E-state index in [4.69, 9.17) is 9.47 Å². The molecule has 1 N–H and O–H groups in total. The minimum Gasteiger partial charge on any atom is -0.493 e. The summed E-state index contributed by atoms with van der Waals surface area (Å²) in [7, 11) is 1.49. The first kappa shape index (κ1) is 33.0. The molecule has 0 bridgehead atoms. The van der Waals surface area contributed by atoms with Crippen molar-refractivity contribution in [1.82, 2.24) is 5.32 Å². The van der Waals surface area contributed by atoms with Crippen LogP contribution in [0.15, 0.2) is 121 Å². The maximum absolute atomic E-state index is 14.3. The van der Waals surface area contributed by atoms with E-state index in [0.717, 1.165) is 53.2 Å². The zero-order chi connectivity index (χ0) is 35.8. The summed E-state index contributed by atoms with van der Waals surface area (Å²) < 4.78 is 24.8. The van der Waals surface area contributed by atoms with Gasteiger partial charge in [0, 0.05) is 30.6 Å². The van der Waals surface area contributed by atoms with Crippen molar-refractivity contribution in [2.75, 3.05) is 30.0 Å². The first-order valence-corrected chi connectivity index (χ1v) is 17.4. The highest BCUT2D eigenvalue weighted by Gasteiger charge is 2.40. The molecule has 0 unspecified atom stereocenters. The number of urea groups is 1. The van der Waals surface area contributed by atoms with Gasteiger partial charge in [0.15, 0.2) is 11.5 Å². The number of carbonyl (C=O) groups excluding carboxylic acids is 3. The maximum atomic E-state index is 14.3. The van der Waals surface area contributed by atoms with E-state index in [1.165, 1.54) is 36.4 Å². The van der Waals surface area contributed by atoms with E-state index in [1.54, 1.807) is 30.3 Å². The summed E-state index contributed by atoms with van der Waals surface area (Å²) in [5, 5.41) is 2.40. The number of hydrogen-bond acceptors (Lipinski definition) is 6. The maximum Gasteiger partial charge on any atom is 0.335 e. The summed E-state index contributed by atoms with van der Waals surface area (Å²) in [6, 6.07) is 34.8. The molecule has 3 heterocycles. The molecule has 9 heteroatoms. The van der Waals surface area contributed by atoms with Gasteiger partial charge in [-0.1, -0.05) is 78.9 Å². The summed E-state index contributed by atoms with van der Waals surface area (Å²) in [6.45, 7) is 2.00. The van der Waals surface area contributed by atoms with Crippen LogP contribution in [-0.2, 0) is 16.2 Å². The van der Waals surface area contributed by atoms with Gasteiger partial charge in [-0.05, 0) is 88.7 Å². The Morgan fingerprint density at radius 2 is 1.38 bits per heavy atom. The molecule has 0 spiro atoms. The van der Waals surface area contributed by atoms with E-state index in [1.807, 2.05) is 48.5 Å². The molecule has 1 fully saturated rings. The van der Waals surface area contributed by atoms with Crippen molar-refractivity contribution in [3.63, 3.8) is 0 Å². The van der Waals surface area contributed by atoms with Crippen LogP contribution in [-0.4, -0.2) is 38.0 Å². The summed E-state index contributed by atoms with van der Waals surface area (Å²) in [6.07, 6.45) is 3.24. The fraction of sp³-hybridized carbons (Fsp3) is 0.186. The topological polar surface area (TPSA) is 88.2 Å². The zero-order valence-electron chi connectivity index (χ0n) is 28.6. The first-order valence-electron chi connectivity index (χ1n) is 17.4. The fourth-order valence-electron chi connectivity index (χ4n) is 7.66. The second-order valence-electron chi connectivity index (χ2n) is 13.2. The predicted octanol–water partition coefficient (Wildman–Crippen LogP) is 7.96. The number of carbonyl (C=O) groups is 3. The number of imide groups is 2. The highest BCUT2D eigenvalue weighted by molar-refractivity contribution is 6.39. The van der Waals surface area contributed by atoms with E-state index in [2.05, 4.69) is 34.5 Å². The van der Waals surface area contributed by atoms with E-state index in [0.29, 0.717) is 22.7 Å². The summed E-state index contributed by atoms with van der Waals surface area (Å²) >= 11 is 0. The van der Waals surface area contributed by atoms with Crippen LogP contribution >= 0.6 is 0 Å². The van der Waals surface area contributed by atoms with Crippen molar-refractivity contribution >= 4 is 35.3 Å². The lowest BCUT2D eigenvalue weighted by molar-refractivity contribution is -0.122.